The number of aromatic nitrogens is 6. The Morgan fingerprint density at radius 3 is 1.12 bits per heavy atom. The van der Waals surface area contributed by atoms with E-state index in [-0.39, 0.29) is 46.9 Å². The van der Waals surface area contributed by atoms with Gasteiger partial charge in [-0.1, -0.05) is 97.1 Å². The van der Waals surface area contributed by atoms with Crippen molar-refractivity contribution in [2.75, 3.05) is 31.9 Å². The van der Waals surface area contributed by atoms with Gasteiger partial charge < -0.3 is 41.7 Å². The maximum atomic E-state index is 12.7. The third kappa shape index (κ3) is 11.9. The van der Waals surface area contributed by atoms with Crippen molar-refractivity contribution in [2.45, 2.75) is 9.79 Å². The van der Waals surface area contributed by atoms with E-state index < -0.39 is 15.0 Å². The van der Waals surface area contributed by atoms with Crippen LogP contribution in [-0.4, -0.2) is 42.9 Å². The molecule has 0 saturated heterocycles. The molecule has 0 unspecified atom stereocenters. The first-order valence-corrected chi connectivity index (χ1v) is 21.3. The molecule has 6 aromatic carbocycles. The fourth-order valence-electron chi connectivity index (χ4n) is 5.97. The predicted octanol–water partition coefficient (Wildman–Crippen LogP) is 8.82. The summed E-state index contributed by atoms with van der Waals surface area (Å²) in [6, 6.07) is 46.5. The Kier molecular flexibility index (Phi) is 13.5. The molecule has 6 N–H and O–H groups in total. The minimum absolute atomic E-state index is 0.0601. The zero-order chi connectivity index (χ0) is 44.1. The SMILES string of the molecule is O=S(=O)([O-])c1cc(Nc2nc(Nc3ccccc3)nc(Nc3ccccc3)n2)ccc1/C=C/c1ccc(Nc2nc(Nc3ccccc3)nc(Nc3ccccc3)n2)cc1SOO[O-]. The van der Waals surface area contributed by atoms with Crippen LogP contribution in [0.5, 0.6) is 0 Å². The summed E-state index contributed by atoms with van der Waals surface area (Å²) in [6.07, 6.45) is 3.00. The van der Waals surface area contributed by atoms with Crippen molar-refractivity contribution in [3.05, 3.63) is 169 Å². The minimum atomic E-state index is -5.01. The third-order valence-corrected chi connectivity index (χ3v) is 10.3. The summed E-state index contributed by atoms with van der Waals surface area (Å²) in [7, 11) is -5.01. The number of para-hydroxylation sites is 4. The van der Waals surface area contributed by atoms with Crippen LogP contribution in [0.1, 0.15) is 11.1 Å². The van der Waals surface area contributed by atoms with E-state index in [9.17, 15) is 18.2 Å². The van der Waals surface area contributed by atoms with Crippen LogP contribution in [0.4, 0.5) is 69.8 Å². The molecule has 0 radical (unpaired) electrons. The molecule has 0 fully saturated rings. The molecule has 0 saturated carbocycles. The molecule has 0 aliphatic rings. The summed E-state index contributed by atoms with van der Waals surface area (Å²) < 4.78 is 42.7. The number of nitrogens with zero attached hydrogens (tertiary/aromatic N) is 6. The Morgan fingerprint density at radius 1 is 0.438 bits per heavy atom. The van der Waals surface area contributed by atoms with Crippen LogP contribution >= 0.6 is 12.0 Å². The fourth-order valence-corrected chi connectivity index (χ4v) is 7.17. The Labute approximate surface area is 370 Å². The molecule has 64 heavy (non-hydrogen) atoms. The molecule has 320 valence electrons. The van der Waals surface area contributed by atoms with E-state index >= 15 is 0 Å². The summed E-state index contributed by atoms with van der Waals surface area (Å²) in [5.74, 6) is 1.14. The van der Waals surface area contributed by atoms with Gasteiger partial charge >= 0.3 is 0 Å². The highest BCUT2D eigenvalue weighted by Crippen LogP contribution is 2.32. The lowest BCUT2D eigenvalue weighted by Gasteiger charge is -2.15. The molecule has 2 heterocycles. The third-order valence-electron chi connectivity index (χ3n) is 8.79. The molecule has 2 aromatic heterocycles. The second kappa shape index (κ2) is 20.3. The molecule has 8 aromatic rings. The van der Waals surface area contributed by atoms with Gasteiger partial charge in [-0.25, -0.2) is 8.42 Å². The molecule has 0 bridgehead atoms. The quantitative estimate of drug-likeness (QED) is 0.0155. The highest BCUT2D eigenvalue weighted by Gasteiger charge is 2.14. The van der Waals surface area contributed by atoms with Crippen molar-refractivity contribution >= 4 is 104 Å². The van der Waals surface area contributed by atoms with Crippen molar-refractivity contribution in [2.24, 2.45) is 0 Å². The lowest BCUT2D eigenvalue weighted by molar-refractivity contribution is -0.777. The molecule has 8 rings (SSSR count). The molecular formula is C44H34N12O6S2-2. The van der Waals surface area contributed by atoms with Gasteiger partial charge in [0.25, 0.3) is 0 Å². The number of anilines is 12. The van der Waals surface area contributed by atoms with Gasteiger partial charge in [-0.2, -0.15) is 34.2 Å². The second-order valence-electron chi connectivity index (χ2n) is 13.3. The van der Waals surface area contributed by atoms with Gasteiger partial charge in [0.2, 0.25) is 35.7 Å². The standard InChI is InChI=1S/C44H36N12O6S2/c57-61-62-63-37-27-35(49-43-53-39(45-31-13-5-1-6-14-31)51-40(54-43)46-32-15-7-2-8-16-32)25-23-29(37)21-22-30-24-26-36(28-38(30)64(58,59)60)50-44-55-41(47-33-17-9-3-10-18-33)52-42(56-44)48-34-19-11-4-12-20-34/h1-28,57H,(H,58,59,60)(H3,45,46,49,51,53,54)(H3,47,48,50,52,55,56)/p-2/b22-21+. The van der Waals surface area contributed by atoms with Crippen molar-refractivity contribution in [3.8, 4) is 0 Å². The highest BCUT2D eigenvalue weighted by atomic mass is 32.2. The summed E-state index contributed by atoms with van der Waals surface area (Å²) in [4.78, 5) is 26.9. The van der Waals surface area contributed by atoms with Gasteiger partial charge in [-0.05, 0) is 83.9 Å². The number of rotatable bonds is 18. The van der Waals surface area contributed by atoms with E-state index in [1.54, 1.807) is 30.3 Å². The molecule has 18 nitrogen and oxygen atoms in total. The molecule has 0 spiro atoms. The van der Waals surface area contributed by atoms with Crippen LogP contribution < -0.4 is 37.2 Å². The van der Waals surface area contributed by atoms with Gasteiger partial charge in [0, 0.05) is 39.0 Å². The molecule has 20 heteroatoms. The summed E-state index contributed by atoms with van der Waals surface area (Å²) in [5.41, 5.74) is 4.21. The van der Waals surface area contributed by atoms with Crippen LogP contribution in [-0.2, 0) is 19.5 Å². The average molecular weight is 891 g/mol. The topological polar surface area (TPSA) is 248 Å². The predicted molar refractivity (Wildman–Crippen MR) is 243 cm³/mol. The van der Waals surface area contributed by atoms with E-state index in [4.69, 9.17) is 0 Å². The first kappa shape index (κ1) is 42.7. The molecule has 0 amide bonds. The first-order chi connectivity index (χ1) is 31.2. The zero-order valence-corrected chi connectivity index (χ0v) is 34.7. The van der Waals surface area contributed by atoms with E-state index in [1.807, 2.05) is 121 Å². The number of hydrogen-bond acceptors (Lipinski definition) is 19. The Hall–Kier alpha value is -7.98. The van der Waals surface area contributed by atoms with E-state index in [2.05, 4.69) is 71.2 Å². The van der Waals surface area contributed by atoms with Crippen molar-refractivity contribution in [1.82, 2.24) is 29.9 Å². The maximum absolute atomic E-state index is 12.7. The Bertz CT molecular complexity index is 2860. The van der Waals surface area contributed by atoms with Crippen LogP contribution in [0, 0.1) is 0 Å². The molecule has 0 atom stereocenters. The first-order valence-electron chi connectivity index (χ1n) is 19.1. The molecular weight excluding hydrogens is 857 g/mol. The lowest BCUT2D eigenvalue weighted by Crippen LogP contribution is -2.08. The number of benzene rings is 6. The van der Waals surface area contributed by atoms with Crippen molar-refractivity contribution < 1.29 is 27.6 Å². The van der Waals surface area contributed by atoms with Crippen LogP contribution in [0.15, 0.2) is 168 Å². The zero-order valence-electron chi connectivity index (χ0n) is 33.1. The van der Waals surface area contributed by atoms with Crippen LogP contribution in [0.2, 0.25) is 0 Å². The average Bonchev–Trinajstić information content (AvgIpc) is 3.29. The normalized spacial score (nSPS) is 11.2. The Balaban J connectivity index is 1.05. The highest BCUT2D eigenvalue weighted by molar-refractivity contribution is 7.94. The van der Waals surface area contributed by atoms with Gasteiger partial charge in [0.05, 0.1) is 16.9 Å². The minimum Gasteiger partial charge on any atom is -0.744 e. The van der Waals surface area contributed by atoms with Gasteiger partial charge in [-0.3, -0.25) is 5.04 Å². The number of hydrogen-bond donors (Lipinski definition) is 6. The fraction of sp³-hybridized carbons (Fsp3) is 0. The van der Waals surface area contributed by atoms with Gasteiger partial charge in [0.1, 0.15) is 10.1 Å². The largest absolute Gasteiger partial charge is 0.744 e. The van der Waals surface area contributed by atoms with Crippen molar-refractivity contribution in [1.29, 1.82) is 0 Å². The monoisotopic (exact) mass is 890 g/mol. The van der Waals surface area contributed by atoms with E-state index in [1.165, 1.54) is 18.2 Å². The summed E-state index contributed by atoms with van der Waals surface area (Å²) in [5, 5.41) is 33.3. The smallest absolute Gasteiger partial charge is 0.233 e. The molecule has 0 aliphatic heterocycles. The van der Waals surface area contributed by atoms with Crippen molar-refractivity contribution in [3.63, 3.8) is 0 Å². The van der Waals surface area contributed by atoms with E-state index in [0.717, 1.165) is 22.7 Å². The summed E-state index contributed by atoms with van der Waals surface area (Å²) >= 11 is 0.610. The van der Waals surface area contributed by atoms with Gasteiger partial charge in [0.15, 0.2) is 0 Å². The summed E-state index contributed by atoms with van der Waals surface area (Å²) in [6.45, 7) is 0. The van der Waals surface area contributed by atoms with Gasteiger partial charge in [-0.15, -0.1) is 0 Å². The lowest BCUT2D eigenvalue weighted by atomic mass is 10.1. The van der Waals surface area contributed by atoms with E-state index in [0.29, 0.717) is 28.2 Å². The van der Waals surface area contributed by atoms with Crippen LogP contribution in [0.3, 0.4) is 0 Å². The maximum Gasteiger partial charge on any atom is 0.233 e. The second-order valence-corrected chi connectivity index (χ2v) is 15.4. The molecule has 0 aliphatic carbocycles. The van der Waals surface area contributed by atoms with Crippen LogP contribution in [0.25, 0.3) is 12.2 Å². The Morgan fingerprint density at radius 2 is 0.766 bits per heavy atom. The number of nitrogens with one attached hydrogen (secondary N) is 6.